The first-order chi connectivity index (χ1) is 34.4. The maximum absolute atomic E-state index is 15.3. The molecular formula is C54H68N10O6S. The highest BCUT2D eigenvalue weighted by molar-refractivity contribution is 7.10. The molecule has 3 saturated heterocycles. The van der Waals surface area contributed by atoms with E-state index in [1.807, 2.05) is 32.2 Å². The molecular weight excluding hydrogens is 917 g/mol. The van der Waals surface area contributed by atoms with Gasteiger partial charge in [-0.1, -0.05) is 26.8 Å². The molecule has 2 aliphatic carbocycles. The van der Waals surface area contributed by atoms with Crippen molar-refractivity contribution < 1.29 is 28.6 Å². The van der Waals surface area contributed by atoms with Crippen LogP contribution in [0.5, 0.6) is 0 Å². The molecule has 2 saturated carbocycles. The quantitative estimate of drug-likeness (QED) is 0.131. The number of fused-ring (bicyclic) bond motifs is 6. The lowest BCUT2D eigenvalue weighted by molar-refractivity contribution is -0.157. The van der Waals surface area contributed by atoms with E-state index in [2.05, 4.69) is 85.6 Å². The minimum Gasteiger partial charge on any atom is -0.464 e. The maximum atomic E-state index is 15.3. The van der Waals surface area contributed by atoms with Gasteiger partial charge in [-0.3, -0.25) is 29.3 Å². The standard InChI is InChI=1S/C54H68N10O6S/c1-31-44(40-15-19-55-30-57-40)45(31)50(65)59-47-49(69-27-33-16-21-61(5)22-17-33)51-58-42(28-71-51)34-11-14-43-38(23-34)39(24-54(3,4)29-70-53(67)41-10-8-20-63(60-41)52(47)66)48(37-9-7-18-56-46(37)32(2)68-6)64(43)36-25-62(26-36)35-12-13-35/h7,9,11,14-15,18-19,23,28,30-33,35-36,41,44-45,47,49,60H,8,10,12-13,16-17,20-22,24-27,29H2,1-6H3,(H,59,65)/t31-,32-,41-,44-,45+,47-,49-/m0/s1. The number of hydrazine groups is 1. The molecule has 7 atom stereocenters. The number of hydrogen-bond donors (Lipinski definition) is 2. The molecule has 0 radical (unpaired) electrons. The number of ether oxygens (including phenoxy) is 3. The third-order valence-electron chi connectivity index (χ3n) is 16.2. The van der Waals surface area contributed by atoms with Crippen LogP contribution in [0, 0.1) is 23.2 Å². The van der Waals surface area contributed by atoms with E-state index in [0.717, 1.165) is 89.4 Å². The van der Waals surface area contributed by atoms with Crippen molar-refractivity contribution in [2.75, 3.05) is 60.1 Å². The number of methoxy groups -OCH3 is 1. The first kappa shape index (κ1) is 48.1. The van der Waals surface area contributed by atoms with Crippen LogP contribution in [-0.4, -0.2) is 135 Å². The molecule has 4 aromatic heterocycles. The summed E-state index contributed by atoms with van der Waals surface area (Å²) in [6.45, 7) is 13.1. The summed E-state index contributed by atoms with van der Waals surface area (Å²) in [6, 6.07) is 11.7. The molecule has 6 bridgehead atoms. The van der Waals surface area contributed by atoms with Gasteiger partial charge in [-0.2, -0.15) is 0 Å². The molecule has 0 unspecified atom stereocenters. The first-order valence-corrected chi connectivity index (χ1v) is 26.7. The first-order valence-electron chi connectivity index (χ1n) is 25.8. The minimum atomic E-state index is -1.15. The SMILES string of the molecule is CO[C@@H](C)c1ncccc1-c1c2c3cc(ccc3n1C1CN(C3CC3)C1)-c1csc(n1)[C@@H](OCC1CCN(C)CC1)[C@H](NC(=O)[C@@H]1[C@@H](C)[C@H]1c1ccncn1)C(=O)N1CCC[C@H](N1)C(=O)OCC(C)(C)C2. The number of cyclic esters (lactones) is 1. The molecule has 5 aromatic rings. The molecule has 1 aromatic carbocycles. The summed E-state index contributed by atoms with van der Waals surface area (Å²) < 4.78 is 21.8. The highest BCUT2D eigenvalue weighted by atomic mass is 32.1. The summed E-state index contributed by atoms with van der Waals surface area (Å²) >= 11 is 1.44. The predicted molar refractivity (Wildman–Crippen MR) is 270 cm³/mol. The molecule has 6 aliphatic rings. The molecule has 4 aliphatic heterocycles. The van der Waals surface area contributed by atoms with Gasteiger partial charge < -0.3 is 29.0 Å². The number of hydrogen-bond acceptors (Lipinski definition) is 14. The molecule has 2 N–H and O–H groups in total. The fraction of sp³-hybridized carbons (Fsp3) is 0.574. The van der Waals surface area contributed by atoms with E-state index in [9.17, 15) is 9.59 Å². The van der Waals surface area contributed by atoms with Gasteiger partial charge in [-0.25, -0.2) is 20.4 Å². The summed E-state index contributed by atoms with van der Waals surface area (Å²) in [7, 11) is 3.86. The normalized spacial score (nSPS) is 27.2. The Labute approximate surface area is 420 Å². The van der Waals surface area contributed by atoms with E-state index in [-0.39, 0.29) is 48.3 Å². The zero-order chi connectivity index (χ0) is 49.1. The fourth-order valence-electron chi connectivity index (χ4n) is 11.7. The zero-order valence-corrected chi connectivity index (χ0v) is 42.7. The number of aromatic nitrogens is 5. The molecule has 16 nitrogen and oxygen atoms in total. The molecule has 5 fully saturated rings. The number of thiazole rings is 1. The Morgan fingerprint density at radius 2 is 1.85 bits per heavy atom. The summed E-state index contributed by atoms with van der Waals surface area (Å²) in [6.07, 6.45) is 9.96. The van der Waals surface area contributed by atoms with Gasteiger partial charge in [0, 0.05) is 95.5 Å². The Morgan fingerprint density at radius 1 is 1.03 bits per heavy atom. The van der Waals surface area contributed by atoms with Gasteiger partial charge in [0.25, 0.3) is 5.91 Å². The Kier molecular flexibility index (Phi) is 13.3. The van der Waals surface area contributed by atoms with E-state index < -0.39 is 35.5 Å². The van der Waals surface area contributed by atoms with Crippen LogP contribution in [-0.2, 0) is 35.0 Å². The second-order valence-electron chi connectivity index (χ2n) is 21.9. The second kappa shape index (κ2) is 19.7. The number of amides is 2. The molecule has 2 amide bonds. The number of pyridine rings is 1. The van der Waals surface area contributed by atoms with Crippen molar-refractivity contribution in [2.24, 2.45) is 23.2 Å². The van der Waals surface area contributed by atoms with Crippen molar-refractivity contribution in [2.45, 2.75) is 115 Å². The van der Waals surface area contributed by atoms with Crippen LogP contribution in [0.15, 0.2) is 60.5 Å². The molecule has 17 heteroatoms. The van der Waals surface area contributed by atoms with Crippen molar-refractivity contribution in [3.8, 4) is 22.5 Å². The lowest BCUT2D eigenvalue weighted by atomic mass is 9.84. The Bertz CT molecular complexity index is 2760. The van der Waals surface area contributed by atoms with Crippen molar-refractivity contribution in [3.05, 3.63) is 82.5 Å². The smallest absolute Gasteiger partial charge is 0.324 e. The van der Waals surface area contributed by atoms with Gasteiger partial charge in [0.15, 0.2) is 0 Å². The summed E-state index contributed by atoms with van der Waals surface area (Å²) in [5, 5.41) is 8.48. The van der Waals surface area contributed by atoms with Crippen LogP contribution in [0.4, 0.5) is 0 Å². The highest BCUT2D eigenvalue weighted by Crippen LogP contribution is 2.53. The van der Waals surface area contributed by atoms with E-state index in [4.69, 9.17) is 24.2 Å². The fourth-order valence-corrected chi connectivity index (χ4v) is 12.6. The van der Waals surface area contributed by atoms with Gasteiger partial charge in [0.05, 0.1) is 42.4 Å². The number of rotatable bonds is 11. The van der Waals surface area contributed by atoms with Crippen molar-refractivity contribution >= 4 is 40.0 Å². The van der Waals surface area contributed by atoms with E-state index >= 15 is 4.79 Å². The van der Waals surface area contributed by atoms with Crippen molar-refractivity contribution in [1.29, 1.82) is 0 Å². The van der Waals surface area contributed by atoms with Crippen LogP contribution < -0.4 is 10.7 Å². The number of carbonyl (C=O) groups excluding carboxylic acids is 3. The number of likely N-dealkylation sites (tertiary alicyclic amines) is 2. The van der Waals surface area contributed by atoms with Crippen LogP contribution >= 0.6 is 11.3 Å². The van der Waals surface area contributed by atoms with Gasteiger partial charge in [-0.05, 0) is 120 Å². The Hall–Kier alpha value is -5.17. The third-order valence-corrected chi connectivity index (χ3v) is 17.1. The molecule has 0 spiro atoms. The van der Waals surface area contributed by atoms with Gasteiger partial charge >= 0.3 is 5.97 Å². The number of nitrogens with one attached hydrogen (secondary N) is 2. The summed E-state index contributed by atoms with van der Waals surface area (Å²) in [5.74, 6) is -1.29. The molecule has 71 heavy (non-hydrogen) atoms. The van der Waals surface area contributed by atoms with E-state index in [1.54, 1.807) is 13.3 Å². The van der Waals surface area contributed by atoms with Crippen LogP contribution in [0.2, 0.25) is 0 Å². The molecule has 376 valence electrons. The summed E-state index contributed by atoms with van der Waals surface area (Å²) in [5.41, 5.74) is 10.6. The number of carbonyl (C=O) groups is 3. The number of nitrogens with zero attached hydrogens (tertiary/aromatic N) is 8. The van der Waals surface area contributed by atoms with Crippen LogP contribution in [0.25, 0.3) is 33.4 Å². The number of esters is 1. The highest BCUT2D eigenvalue weighted by Gasteiger charge is 2.55. The van der Waals surface area contributed by atoms with Crippen molar-refractivity contribution in [1.82, 2.24) is 50.1 Å². The van der Waals surface area contributed by atoms with E-state index in [0.29, 0.717) is 43.5 Å². The zero-order valence-electron chi connectivity index (χ0n) is 41.9. The van der Waals surface area contributed by atoms with E-state index in [1.165, 1.54) is 35.5 Å². The Balaban J connectivity index is 1.04. The average Bonchev–Trinajstić information content (AvgIpc) is 4.25. The van der Waals surface area contributed by atoms with Gasteiger partial charge in [0.2, 0.25) is 5.91 Å². The Morgan fingerprint density at radius 3 is 2.61 bits per heavy atom. The predicted octanol–water partition coefficient (Wildman–Crippen LogP) is 6.90. The maximum Gasteiger partial charge on any atom is 0.324 e. The third kappa shape index (κ3) is 9.65. The molecule has 8 heterocycles. The lowest BCUT2D eigenvalue weighted by Gasteiger charge is -2.42. The lowest BCUT2D eigenvalue weighted by Crippen LogP contribution is -2.61. The average molecular weight is 985 g/mol. The number of piperidine rings is 1. The van der Waals surface area contributed by atoms with Crippen LogP contribution in [0.3, 0.4) is 0 Å². The minimum absolute atomic E-state index is 0.00511. The van der Waals surface area contributed by atoms with Gasteiger partial charge in [-0.15, -0.1) is 11.3 Å². The second-order valence-corrected chi connectivity index (χ2v) is 22.8. The topological polar surface area (TPSA) is 169 Å². The summed E-state index contributed by atoms with van der Waals surface area (Å²) in [4.78, 5) is 67.9. The monoisotopic (exact) mass is 985 g/mol. The van der Waals surface area contributed by atoms with Crippen molar-refractivity contribution in [3.63, 3.8) is 0 Å². The number of benzene rings is 1. The molecule has 11 rings (SSSR count). The van der Waals surface area contributed by atoms with Gasteiger partial charge in [0.1, 0.15) is 29.5 Å². The largest absolute Gasteiger partial charge is 0.464 e. The van der Waals surface area contributed by atoms with Crippen LogP contribution in [0.1, 0.15) is 112 Å².